The minimum atomic E-state index is -3.33. The van der Waals surface area contributed by atoms with Crippen LogP contribution >= 0.6 is 18.7 Å². The minimum absolute atomic E-state index is 0.0514. The number of thiophene rings is 1. The third-order valence-electron chi connectivity index (χ3n) is 5.31. The molecule has 8 heteroatoms. The van der Waals surface area contributed by atoms with Crippen molar-refractivity contribution in [2.24, 2.45) is 11.8 Å². The number of amides is 1. The normalized spacial score (nSPS) is 22.5. The zero-order chi connectivity index (χ0) is 21.3. The molecular formula is C20H32NO5PS. The number of carbonyl (C=O) groups excluding carboxylic acids is 1. The van der Waals surface area contributed by atoms with Gasteiger partial charge in [-0.25, -0.2) is 4.79 Å². The molecule has 0 aliphatic heterocycles. The van der Waals surface area contributed by atoms with Crippen LogP contribution in [0.1, 0.15) is 67.9 Å². The zero-order valence-corrected chi connectivity index (χ0v) is 19.1. The van der Waals surface area contributed by atoms with E-state index >= 15 is 0 Å². The maximum atomic E-state index is 13.3. The molecule has 2 N–H and O–H groups in total. The summed E-state index contributed by atoms with van der Waals surface area (Å²) in [6, 6.07) is 1.77. The summed E-state index contributed by atoms with van der Waals surface area (Å²) in [6.07, 6.45) is 3.44. The van der Waals surface area contributed by atoms with Crippen LogP contribution in [-0.2, 0) is 14.8 Å². The monoisotopic (exact) mass is 429 g/mol. The highest BCUT2D eigenvalue weighted by Crippen LogP contribution is 2.41. The lowest BCUT2D eigenvalue weighted by Crippen LogP contribution is -2.40. The number of carboxylic acids is 1. The molecule has 0 radical (unpaired) electrons. The van der Waals surface area contributed by atoms with Crippen LogP contribution in [-0.4, -0.2) is 41.2 Å². The van der Waals surface area contributed by atoms with Gasteiger partial charge in [0, 0.05) is 30.2 Å². The average molecular weight is 430 g/mol. The Balaban J connectivity index is 2.43. The summed E-state index contributed by atoms with van der Waals surface area (Å²) in [6.45, 7) is 9.49. The topological polar surface area (TPSA) is 94.9 Å². The Bertz CT molecular complexity index is 768. The third kappa shape index (κ3) is 5.91. The molecule has 2 rings (SSSR count). The fourth-order valence-corrected chi connectivity index (χ4v) is 5.10. The van der Waals surface area contributed by atoms with Crippen LogP contribution in [0.2, 0.25) is 0 Å². The maximum absolute atomic E-state index is 13.3. The van der Waals surface area contributed by atoms with Gasteiger partial charge in [0.2, 0.25) is 5.91 Å². The molecule has 1 amide bonds. The Morgan fingerprint density at radius 1 is 1.25 bits per heavy atom. The predicted octanol–water partition coefficient (Wildman–Crippen LogP) is 4.80. The van der Waals surface area contributed by atoms with Gasteiger partial charge in [0.1, 0.15) is 4.88 Å². The summed E-state index contributed by atoms with van der Waals surface area (Å²) < 4.78 is 11.9. The molecular weight excluding hydrogens is 397 g/mol. The molecule has 0 aromatic carbocycles. The summed E-state index contributed by atoms with van der Waals surface area (Å²) in [4.78, 5) is 37.4. The number of carbonyl (C=O) groups is 2. The Kier molecular flexibility index (Phi) is 7.17. The van der Waals surface area contributed by atoms with Gasteiger partial charge in [0.15, 0.2) is 7.37 Å². The zero-order valence-electron chi connectivity index (χ0n) is 17.4. The van der Waals surface area contributed by atoms with Crippen LogP contribution in [0.25, 0.3) is 0 Å². The number of carboxylic acid groups (broad SMARTS) is 1. The molecule has 1 saturated carbocycles. The first-order valence-electron chi connectivity index (χ1n) is 9.78. The van der Waals surface area contributed by atoms with Gasteiger partial charge >= 0.3 is 5.97 Å². The number of nitrogens with zero attached hydrogens (tertiary/aromatic N) is 1. The van der Waals surface area contributed by atoms with Gasteiger partial charge in [-0.05, 0) is 43.1 Å². The van der Waals surface area contributed by atoms with E-state index in [0.717, 1.165) is 30.6 Å². The first-order valence-corrected chi connectivity index (χ1v) is 12.9. The molecule has 28 heavy (non-hydrogen) atoms. The van der Waals surface area contributed by atoms with E-state index in [9.17, 15) is 24.2 Å². The van der Waals surface area contributed by atoms with Gasteiger partial charge in [-0.3, -0.25) is 9.36 Å². The van der Waals surface area contributed by atoms with Crippen molar-refractivity contribution in [2.75, 3.05) is 24.3 Å². The molecule has 1 heterocycles. The molecule has 0 saturated heterocycles. The van der Waals surface area contributed by atoms with Crippen molar-refractivity contribution >= 4 is 36.3 Å². The van der Waals surface area contributed by atoms with E-state index in [1.165, 1.54) is 22.9 Å². The minimum Gasteiger partial charge on any atom is -0.477 e. The highest BCUT2D eigenvalue weighted by molar-refractivity contribution is 7.57. The molecule has 158 valence electrons. The van der Waals surface area contributed by atoms with E-state index < -0.39 is 13.3 Å². The standard InChI is InChI=1S/C20H32NO5PS/c1-13-6-8-14(9-7-13)18(22)21(10-11-27(5,25)26)15-12-16(20(2,3)4)28-17(15)19(23)24/h12-14H,6-11H2,1-5H3,(H,23,24)(H,25,26). The second kappa shape index (κ2) is 8.68. The Hall–Kier alpha value is -1.17. The second-order valence-corrected chi connectivity index (χ2v) is 12.7. The summed E-state index contributed by atoms with van der Waals surface area (Å²) in [5.74, 6) is -0.768. The van der Waals surface area contributed by atoms with Crippen LogP contribution in [0.15, 0.2) is 6.07 Å². The van der Waals surface area contributed by atoms with Crippen molar-refractivity contribution in [2.45, 2.75) is 58.8 Å². The van der Waals surface area contributed by atoms with Gasteiger partial charge in [-0.2, -0.15) is 0 Å². The molecule has 0 bridgehead atoms. The highest BCUT2D eigenvalue weighted by Gasteiger charge is 2.33. The largest absolute Gasteiger partial charge is 0.477 e. The molecule has 1 atom stereocenters. The molecule has 1 aromatic heterocycles. The lowest BCUT2D eigenvalue weighted by atomic mass is 9.82. The van der Waals surface area contributed by atoms with Crippen molar-refractivity contribution < 1.29 is 24.2 Å². The van der Waals surface area contributed by atoms with Gasteiger partial charge in [-0.15, -0.1) is 11.3 Å². The number of hydrogen-bond acceptors (Lipinski definition) is 4. The van der Waals surface area contributed by atoms with Crippen LogP contribution in [0.5, 0.6) is 0 Å². The van der Waals surface area contributed by atoms with Crippen LogP contribution in [0.4, 0.5) is 5.69 Å². The average Bonchev–Trinajstić information content (AvgIpc) is 3.00. The smallest absolute Gasteiger partial charge is 0.348 e. The van der Waals surface area contributed by atoms with Gasteiger partial charge in [0.05, 0.1) is 5.69 Å². The number of rotatable bonds is 6. The van der Waals surface area contributed by atoms with Crippen molar-refractivity contribution in [3.8, 4) is 0 Å². The second-order valence-electron chi connectivity index (χ2n) is 9.10. The molecule has 1 aliphatic rings. The van der Waals surface area contributed by atoms with Gasteiger partial charge in [0.25, 0.3) is 0 Å². The summed E-state index contributed by atoms with van der Waals surface area (Å²) >= 11 is 1.18. The molecule has 1 aromatic rings. The first-order chi connectivity index (χ1) is 12.8. The van der Waals surface area contributed by atoms with Crippen LogP contribution < -0.4 is 4.90 Å². The SMILES string of the molecule is CC1CCC(C(=O)N(CCP(C)(=O)O)c2cc(C(C)(C)C)sc2C(=O)O)CC1. The van der Waals surface area contributed by atoms with E-state index in [1.54, 1.807) is 6.07 Å². The van der Waals surface area contributed by atoms with E-state index in [2.05, 4.69) is 6.92 Å². The lowest BCUT2D eigenvalue weighted by Gasteiger charge is -2.31. The first kappa shape index (κ1) is 23.1. The Morgan fingerprint density at radius 2 is 1.82 bits per heavy atom. The lowest BCUT2D eigenvalue weighted by molar-refractivity contribution is -0.123. The molecule has 1 fully saturated rings. The van der Waals surface area contributed by atoms with Crippen molar-refractivity contribution in [3.63, 3.8) is 0 Å². The Morgan fingerprint density at radius 3 is 2.29 bits per heavy atom. The quantitative estimate of drug-likeness (QED) is 0.633. The van der Waals surface area contributed by atoms with Gasteiger partial charge < -0.3 is 14.9 Å². The summed E-state index contributed by atoms with van der Waals surface area (Å²) in [5.41, 5.74) is 0.110. The fourth-order valence-electron chi connectivity index (χ4n) is 3.47. The van der Waals surface area contributed by atoms with Gasteiger partial charge in [-0.1, -0.05) is 27.7 Å². The third-order valence-corrected chi connectivity index (χ3v) is 7.87. The Labute approximate surface area is 171 Å². The molecule has 6 nitrogen and oxygen atoms in total. The van der Waals surface area contributed by atoms with E-state index in [1.807, 2.05) is 20.8 Å². The highest BCUT2D eigenvalue weighted by atomic mass is 32.1. The van der Waals surface area contributed by atoms with Crippen molar-refractivity contribution in [1.29, 1.82) is 0 Å². The number of anilines is 1. The molecule has 0 spiro atoms. The number of hydrogen-bond donors (Lipinski definition) is 2. The van der Waals surface area contributed by atoms with Crippen LogP contribution in [0.3, 0.4) is 0 Å². The van der Waals surface area contributed by atoms with Crippen LogP contribution in [0, 0.1) is 11.8 Å². The van der Waals surface area contributed by atoms with E-state index in [-0.39, 0.29) is 34.8 Å². The molecule has 1 unspecified atom stereocenters. The van der Waals surface area contributed by atoms with E-state index in [0.29, 0.717) is 11.6 Å². The molecule has 1 aliphatic carbocycles. The van der Waals surface area contributed by atoms with Crippen molar-refractivity contribution in [3.05, 3.63) is 15.8 Å². The van der Waals surface area contributed by atoms with E-state index in [4.69, 9.17) is 0 Å². The van der Waals surface area contributed by atoms with Crippen molar-refractivity contribution in [1.82, 2.24) is 0 Å². The predicted molar refractivity (Wildman–Crippen MR) is 114 cm³/mol. The fraction of sp³-hybridized carbons (Fsp3) is 0.700. The summed E-state index contributed by atoms with van der Waals surface area (Å²) in [7, 11) is -3.33. The maximum Gasteiger partial charge on any atom is 0.348 e. The number of aromatic carboxylic acids is 1. The summed E-state index contributed by atoms with van der Waals surface area (Å²) in [5, 5.41) is 9.72.